The molecule has 3 aromatic carbocycles. The number of aromatic nitrogens is 2. The second kappa shape index (κ2) is 9.11. The summed E-state index contributed by atoms with van der Waals surface area (Å²) in [5, 5.41) is 10.6. The van der Waals surface area contributed by atoms with Gasteiger partial charge in [0.05, 0.1) is 17.6 Å². The summed E-state index contributed by atoms with van der Waals surface area (Å²) in [6, 6.07) is 25.1. The SMILES string of the molecule is OC(COc1ccc(Br)cc1)Cn1c(COc2ccccc2)nc2ccccc21. The number of nitrogens with zero attached hydrogens (tertiary/aromatic N) is 2. The van der Waals surface area contributed by atoms with Crippen LogP contribution in [-0.4, -0.2) is 27.4 Å². The molecule has 0 radical (unpaired) electrons. The van der Waals surface area contributed by atoms with Crippen LogP contribution in [0.5, 0.6) is 11.5 Å². The molecule has 0 aliphatic carbocycles. The van der Waals surface area contributed by atoms with Gasteiger partial charge in [-0.25, -0.2) is 4.98 Å². The van der Waals surface area contributed by atoms with Crippen molar-refractivity contribution < 1.29 is 14.6 Å². The predicted molar refractivity (Wildman–Crippen MR) is 116 cm³/mol. The summed E-state index contributed by atoms with van der Waals surface area (Å²) in [6.07, 6.45) is -0.688. The number of fused-ring (bicyclic) bond motifs is 1. The first-order valence-corrected chi connectivity index (χ1v) is 10.2. The number of rotatable bonds is 8. The third kappa shape index (κ3) is 4.96. The summed E-state index contributed by atoms with van der Waals surface area (Å²) < 4.78 is 14.6. The van der Waals surface area contributed by atoms with Gasteiger partial charge in [0, 0.05) is 4.47 Å². The molecule has 1 atom stereocenters. The highest BCUT2D eigenvalue weighted by Gasteiger charge is 2.15. The largest absolute Gasteiger partial charge is 0.491 e. The van der Waals surface area contributed by atoms with Crippen molar-refractivity contribution in [1.29, 1.82) is 0 Å². The number of hydrogen-bond donors (Lipinski definition) is 1. The topological polar surface area (TPSA) is 56.5 Å². The van der Waals surface area contributed by atoms with Gasteiger partial charge in [-0.2, -0.15) is 0 Å². The molecule has 5 nitrogen and oxygen atoms in total. The van der Waals surface area contributed by atoms with Crippen LogP contribution in [0.1, 0.15) is 5.82 Å². The second-order valence-corrected chi connectivity index (χ2v) is 7.56. The first-order valence-electron chi connectivity index (χ1n) is 9.37. The smallest absolute Gasteiger partial charge is 0.148 e. The zero-order chi connectivity index (χ0) is 20.1. The standard InChI is InChI=1S/C23H21BrN2O3/c24-17-10-12-20(13-11-17)28-15-18(27)14-26-22-9-5-4-8-21(22)25-23(26)16-29-19-6-2-1-3-7-19/h1-13,18,27H,14-16H2. The van der Waals surface area contributed by atoms with E-state index in [4.69, 9.17) is 9.47 Å². The summed E-state index contributed by atoms with van der Waals surface area (Å²) in [5.74, 6) is 2.26. The highest BCUT2D eigenvalue weighted by atomic mass is 79.9. The molecule has 1 N–H and O–H groups in total. The van der Waals surface area contributed by atoms with Crippen molar-refractivity contribution in [3.63, 3.8) is 0 Å². The predicted octanol–water partition coefficient (Wildman–Crippen LogP) is 4.82. The first-order chi connectivity index (χ1) is 14.2. The molecular weight excluding hydrogens is 432 g/mol. The number of hydrogen-bond acceptors (Lipinski definition) is 4. The lowest BCUT2D eigenvalue weighted by Crippen LogP contribution is -2.25. The van der Waals surface area contributed by atoms with Gasteiger partial charge in [0.1, 0.15) is 36.6 Å². The fraction of sp³-hybridized carbons (Fsp3) is 0.174. The van der Waals surface area contributed by atoms with E-state index < -0.39 is 6.10 Å². The van der Waals surface area contributed by atoms with Crippen molar-refractivity contribution in [2.45, 2.75) is 19.3 Å². The van der Waals surface area contributed by atoms with Crippen molar-refractivity contribution in [3.8, 4) is 11.5 Å². The average molecular weight is 453 g/mol. The molecule has 0 saturated heterocycles. The quantitative estimate of drug-likeness (QED) is 0.416. The molecule has 1 unspecified atom stereocenters. The zero-order valence-electron chi connectivity index (χ0n) is 15.7. The third-order valence-corrected chi connectivity index (χ3v) is 5.02. The highest BCUT2D eigenvalue weighted by molar-refractivity contribution is 9.10. The van der Waals surface area contributed by atoms with Gasteiger partial charge in [0.2, 0.25) is 0 Å². The number of aliphatic hydroxyl groups is 1. The molecular formula is C23H21BrN2O3. The van der Waals surface area contributed by atoms with E-state index >= 15 is 0 Å². The summed E-state index contributed by atoms with van der Waals surface area (Å²) >= 11 is 3.40. The molecule has 0 spiro atoms. The van der Waals surface area contributed by atoms with Gasteiger partial charge < -0.3 is 19.1 Å². The molecule has 0 fully saturated rings. The van der Waals surface area contributed by atoms with Crippen LogP contribution in [0.15, 0.2) is 83.3 Å². The number of halogens is 1. The number of para-hydroxylation sites is 3. The maximum Gasteiger partial charge on any atom is 0.148 e. The summed E-state index contributed by atoms with van der Waals surface area (Å²) in [6.45, 7) is 0.872. The van der Waals surface area contributed by atoms with Crippen LogP contribution in [-0.2, 0) is 13.2 Å². The van der Waals surface area contributed by atoms with E-state index in [9.17, 15) is 5.11 Å². The Kier molecular flexibility index (Phi) is 6.12. The van der Waals surface area contributed by atoms with Crippen molar-refractivity contribution in [2.75, 3.05) is 6.61 Å². The molecule has 4 aromatic rings. The monoisotopic (exact) mass is 452 g/mol. The van der Waals surface area contributed by atoms with Crippen LogP contribution in [0.3, 0.4) is 0 Å². The van der Waals surface area contributed by atoms with Crippen molar-refractivity contribution in [3.05, 3.63) is 89.2 Å². The van der Waals surface area contributed by atoms with Crippen molar-refractivity contribution in [2.24, 2.45) is 0 Å². The molecule has 1 heterocycles. The van der Waals surface area contributed by atoms with E-state index in [2.05, 4.69) is 20.9 Å². The first kappa shape index (κ1) is 19.5. The van der Waals surface area contributed by atoms with Crippen molar-refractivity contribution in [1.82, 2.24) is 9.55 Å². The Hall–Kier alpha value is -2.83. The van der Waals surface area contributed by atoms with Gasteiger partial charge in [0.15, 0.2) is 0 Å². The third-order valence-electron chi connectivity index (χ3n) is 4.49. The number of ether oxygens (including phenoxy) is 2. The lowest BCUT2D eigenvalue weighted by molar-refractivity contribution is 0.0917. The van der Waals surface area contributed by atoms with Gasteiger partial charge in [-0.1, -0.05) is 46.3 Å². The van der Waals surface area contributed by atoms with E-state index in [1.165, 1.54) is 0 Å². The molecule has 6 heteroatoms. The fourth-order valence-corrected chi connectivity index (χ4v) is 3.35. The Bertz CT molecular complexity index is 1060. The molecule has 4 rings (SSSR count). The fourth-order valence-electron chi connectivity index (χ4n) is 3.09. The normalized spacial score (nSPS) is 12.1. The second-order valence-electron chi connectivity index (χ2n) is 6.65. The molecule has 1 aromatic heterocycles. The zero-order valence-corrected chi connectivity index (χ0v) is 17.3. The lowest BCUT2D eigenvalue weighted by atomic mass is 10.3. The van der Waals surface area contributed by atoms with Gasteiger partial charge in [0.25, 0.3) is 0 Å². The Morgan fingerprint density at radius 1 is 0.862 bits per heavy atom. The summed E-state index contributed by atoms with van der Waals surface area (Å²) in [7, 11) is 0. The number of benzene rings is 3. The molecule has 148 valence electrons. The molecule has 0 amide bonds. The van der Waals surface area contributed by atoms with E-state index in [1.807, 2.05) is 83.4 Å². The molecule has 0 aliphatic heterocycles. The Morgan fingerprint density at radius 2 is 1.55 bits per heavy atom. The minimum atomic E-state index is -0.688. The highest BCUT2D eigenvalue weighted by Crippen LogP contribution is 2.20. The van der Waals surface area contributed by atoms with E-state index in [-0.39, 0.29) is 6.61 Å². The van der Waals surface area contributed by atoms with Crippen LogP contribution in [0, 0.1) is 0 Å². The van der Waals surface area contributed by atoms with E-state index in [0.717, 1.165) is 32.8 Å². The Balaban J connectivity index is 1.48. The summed E-state index contributed by atoms with van der Waals surface area (Å²) in [4.78, 5) is 4.69. The van der Waals surface area contributed by atoms with Crippen LogP contribution in [0.2, 0.25) is 0 Å². The van der Waals surface area contributed by atoms with Crippen LogP contribution in [0.25, 0.3) is 11.0 Å². The van der Waals surface area contributed by atoms with Gasteiger partial charge in [-0.05, 0) is 48.5 Å². The van der Waals surface area contributed by atoms with E-state index in [0.29, 0.717) is 13.2 Å². The van der Waals surface area contributed by atoms with Crippen LogP contribution in [0.4, 0.5) is 0 Å². The minimum Gasteiger partial charge on any atom is -0.491 e. The molecule has 0 aliphatic rings. The summed E-state index contributed by atoms with van der Waals surface area (Å²) in [5.41, 5.74) is 1.84. The average Bonchev–Trinajstić information content (AvgIpc) is 3.10. The van der Waals surface area contributed by atoms with Gasteiger partial charge in [-0.3, -0.25) is 0 Å². The minimum absolute atomic E-state index is 0.188. The van der Waals surface area contributed by atoms with Crippen LogP contribution < -0.4 is 9.47 Å². The molecule has 0 bridgehead atoms. The van der Waals surface area contributed by atoms with Gasteiger partial charge in [-0.15, -0.1) is 0 Å². The van der Waals surface area contributed by atoms with Crippen molar-refractivity contribution >= 4 is 27.0 Å². The number of aliphatic hydroxyl groups excluding tert-OH is 1. The number of imidazole rings is 1. The van der Waals surface area contributed by atoms with E-state index in [1.54, 1.807) is 0 Å². The maximum atomic E-state index is 10.6. The Labute approximate surface area is 177 Å². The Morgan fingerprint density at radius 3 is 2.34 bits per heavy atom. The molecule has 0 saturated carbocycles. The van der Waals surface area contributed by atoms with Gasteiger partial charge >= 0.3 is 0 Å². The van der Waals surface area contributed by atoms with Crippen LogP contribution >= 0.6 is 15.9 Å². The molecule has 29 heavy (non-hydrogen) atoms. The lowest BCUT2D eigenvalue weighted by Gasteiger charge is -2.16. The maximum absolute atomic E-state index is 10.6.